The van der Waals surface area contributed by atoms with Crippen LogP contribution in [-0.4, -0.2) is 18.8 Å². The molecule has 0 aromatic heterocycles. The van der Waals surface area contributed by atoms with E-state index in [1.165, 1.54) is 18.2 Å². The summed E-state index contributed by atoms with van der Waals surface area (Å²) in [5.74, 6) is -0.778. The van der Waals surface area contributed by atoms with Crippen LogP contribution in [0.5, 0.6) is 5.75 Å². The van der Waals surface area contributed by atoms with Gasteiger partial charge in [-0.05, 0) is 42.8 Å². The first-order chi connectivity index (χ1) is 11.2. The van der Waals surface area contributed by atoms with Gasteiger partial charge in [0.2, 0.25) is 5.91 Å². The Morgan fingerprint density at radius 3 is 2.54 bits per heavy atom. The highest BCUT2D eigenvalue weighted by molar-refractivity contribution is 9.10. The Balaban J connectivity index is 1.99. The minimum atomic E-state index is -4.80. The molecule has 2 aromatic rings. The van der Waals surface area contributed by atoms with Gasteiger partial charge in [0.25, 0.3) is 0 Å². The van der Waals surface area contributed by atoms with Crippen LogP contribution in [0.2, 0.25) is 0 Å². The van der Waals surface area contributed by atoms with Gasteiger partial charge in [-0.15, -0.1) is 13.2 Å². The van der Waals surface area contributed by atoms with E-state index in [4.69, 9.17) is 0 Å². The molecule has 0 aliphatic heterocycles. The molecule has 0 fully saturated rings. The van der Waals surface area contributed by atoms with Crippen LogP contribution in [-0.2, 0) is 4.79 Å². The lowest BCUT2D eigenvalue weighted by Crippen LogP contribution is -2.23. The summed E-state index contributed by atoms with van der Waals surface area (Å²) in [5, 5.41) is 5.33. The van der Waals surface area contributed by atoms with Crippen LogP contribution >= 0.6 is 15.9 Å². The summed E-state index contributed by atoms with van der Waals surface area (Å²) in [7, 11) is 0. The van der Waals surface area contributed by atoms with Crippen molar-refractivity contribution < 1.29 is 22.7 Å². The number of para-hydroxylation sites is 2. The van der Waals surface area contributed by atoms with Gasteiger partial charge in [0.1, 0.15) is 0 Å². The quantitative estimate of drug-likeness (QED) is 0.761. The third-order valence-corrected chi connectivity index (χ3v) is 3.51. The lowest BCUT2D eigenvalue weighted by Gasteiger charge is -2.14. The van der Waals surface area contributed by atoms with Crippen LogP contribution in [0.3, 0.4) is 0 Å². The summed E-state index contributed by atoms with van der Waals surface area (Å²) in [6.07, 6.45) is -4.80. The maximum absolute atomic E-state index is 12.4. The van der Waals surface area contributed by atoms with E-state index in [1.807, 2.05) is 13.0 Å². The summed E-state index contributed by atoms with van der Waals surface area (Å²) in [5.41, 5.74) is 1.57. The molecule has 0 heterocycles. The number of anilines is 2. The van der Waals surface area contributed by atoms with Crippen LogP contribution in [0, 0.1) is 6.92 Å². The molecule has 8 heteroatoms. The maximum Gasteiger partial charge on any atom is 0.573 e. The number of aryl methyl sites for hydroxylation is 1. The number of hydrogen-bond acceptors (Lipinski definition) is 3. The number of amides is 1. The lowest BCUT2D eigenvalue weighted by atomic mass is 10.2. The van der Waals surface area contributed by atoms with Gasteiger partial charge in [0.05, 0.1) is 12.2 Å². The Kier molecular flexibility index (Phi) is 5.71. The zero-order chi connectivity index (χ0) is 17.7. The highest BCUT2D eigenvalue weighted by atomic mass is 79.9. The van der Waals surface area contributed by atoms with Crippen molar-refractivity contribution in [3.05, 3.63) is 52.5 Å². The normalized spacial score (nSPS) is 11.0. The Morgan fingerprint density at radius 1 is 1.17 bits per heavy atom. The van der Waals surface area contributed by atoms with Crippen molar-refractivity contribution >= 4 is 33.2 Å². The van der Waals surface area contributed by atoms with Crippen LogP contribution in [0.15, 0.2) is 46.9 Å². The number of hydrogen-bond donors (Lipinski definition) is 2. The molecule has 1 amide bonds. The SMILES string of the molecule is Cc1cc(Br)ccc1NC(=O)CNc1ccccc1OC(F)(F)F. The average Bonchev–Trinajstić information content (AvgIpc) is 2.48. The van der Waals surface area contributed by atoms with E-state index < -0.39 is 12.1 Å². The van der Waals surface area contributed by atoms with Crippen molar-refractivity contribution in [2.75, 3.05) is 17.2 Å². The fourth-order valence-electron chi connectivity index (χ4n) is 1.96. The first-order valence-corrected chi connectivity index (χ1v) is 7.68. The van der Waals surface area contributed by atoms with Crippen LogP contribution in [0.1, 0.15) is 5.56 Å². The van der Waals surface area contributed by atoms with Gasteiger partial charge in [0, 0.05) is 10.2 Å². The highest BCUT2D eigenvalue weighted by Crippen LogP contribution is 2.29. The van der Waals surface area contributed by atoms with Gasteiger partial charge in [-0.1, -0.05) is 28.1 Å². The highest BCUT2D eigenvalue weighted by Gasteiger charge is 2.32. The van der Waals surface area contributed by atoms with Crippen molar-refractivity contribution in [2.45, 2.75) is 13.3 Å². The number of rotatable bonds is 5. The number of nitrogens with one attached hydrogen (secondary N) is 2. The van der Waals surface area contributed by atoms with Crippen LogP contribution in [0.4, 0.5) is 24.5 Å². The minimum Gasteiger partial charge on any atom is -0.404 e. The molecule has 4 nitrogen and oxygen atoms in total. The van der Waals surface area contributed by atoms with Gasteiger partial charge >= 0.3 is 6.36 Å². The summed E-state index contributed by atoms with van der Waals surface area (Å²) in [6, 6.07) is 10.9. The first-order valence-electron chi connectivity index (χ1n) is 6.89. The second-order valence-corrected chi connectivity index (χ2v) is 5.82. The number of halogens is 4. The van der Waals surface area contributed by atoms with E-state index in [2.05, 4.69) is 31.3 Å². The standard InChI is InChI=1S/C16H14BrF3N2O2/c1-10-8-11(17)6-7-12(10)22-15(23)9-21-13-4-2-3-5-14(13)24-16(18,19)20/h2-8,21H,9H2,1H3,(H,22,23). The summed E-state index contributed by atoms with van der Waals surface area (Å²) in [6.45, 7) is 1.63. The molecule has 0 atom stereocenters. The lowest BCUT2D eigenvalue weighted by molar-refractivity contribution is -0.274. The molecule has 24 heavy (non-hydrogen) atoms. The number of carbonyl (C=O) groups is 1. The third-order valence-electron chi connectivity index (χ3n) is 3.01. The molecule has 0 saturated heterocycles. The Bertz CT molecular complexity index is 736. The number of alkyl halides is 3. The van der Waals surface area contributed by atoms with E-state index >= 15 is 0 Å². The topological polar surface area (TPSA) is 50.4 Å². The fourth-order valence-corrected chi connectivity index (χ4v) is 2.44. The molecule has 0 aliphatic carbocycles. The third kappa shape index (κ3) is 5.45. The van der Waals surface area contributed by atoms with Crippen molar-refractivity contribution in [1.82, 2.24) is 0 Å². The number of ether oxygens (including phenoxy) is 1. The zero-order valence-corrected chi connectivity index (χ0v) is 14.2. The van der Waals surface area contributed by atoms with E-state index in [-0.39, 0.29) is 18.1 Å². The molecule has 0 aliphatic rings. The molecule has 0 unspecified atom stereocenters. The second-order valence-electron chi connectivity index (χ2n) is 4.90. The van der Waals surface area contributed by atoms with Gasteiger partial charge < -0.3 is 15.4 Å². The molecule has 0 bridgehead atoms. The number of carbonyl (C=O) groups excluding carboxylic acids is 1. The molecule has 2 aromatic carbocycles. The van der Waals surface area contributed by atoms with Crippen molar-refractivity contribution in [3.8, 4) is 5.75 Å². The molecule has 0 saturated carbocycles. The Hall–Kier alpha value is -2.22. The van der Waals surface area contributed by atoms with Gasteiger partial charge in [-0.25, -0.2) is 0 Å². The fraction of sp³-hybridized carbons (Fsp3) is 0.188. The molecule has 128 valence electrons. The molecule has 0 radical (unpaired) electrons. The van der Waals surface area contributed by atoms with E-state index in [0.29, 0.717) is 5.69 Å². The van der Waals surface area contributed by atoms with Crippen LogP contribution < -0.4 is 15.4 Å². The number of benzene rings is 2. The zero-order valence-electron chi connectivity index (χ0n) is 12.6. The summed E-state index contributed by atoms with van der Waals surface area (Å²) in [4.78, 5) is 12.0. The van der Waals surface area contributed by atoms with Gasteiger partial charge in [-0.3, -0.25) is 4.79 Å². The van der Waals surface area contributed by atoms with Crippen molar-refractivity contribution in [3.63, 3.8) is 0 Å². The van der Waals surface area contributed by atoms with E-state index in [1.54, 1.807) is 18.2 Å². The van der Waals surface area contributed by atoms with Crippen molar-refractivity contribution in [1.29, 1.82) is 0 Å². The monoisotopic (exact) mass is 402 g/mol. The van der Waals surface area contributed by atoms with Crippen molar-refractivity contribution in [2.24, 2.45) is 0 Å². The van der Waals surface area contributed by atoms with E-state index in [9.17, 15) is 18.0 Å². The predicted octanol–water partition coefficient (Wildman–Crippen LogP) is 4.71. The second kappa shape index (κ2) is 7.57. The molecule has 2 rings (SSSR count). The predicted molar refractivity (Wildman–Crippen MR) is 89.1 cm³/mol. The summed E-state index contributed by atoms with van der Waals surface area (Å²) >= 11 is 3.32. The smallest absolute Gasteiger partial charge is 0.404 e. The molecular weight excluding hydrogens is 389 g/mol. The first kappa shape index (κ1) is 18.1. The van der Waals surface area contributed by atoms with Gasteiger partial charge in [0.15, 0.2) is 5.75 Å². The molecule has 0 spiro atoms. The Morgan fingerprint density at radius 2 is 1.88 bits per heavy atom. The Labute approximate surface area is 145 Å². The van der Waals surface area contributed by atoms with Gasteiger partial charge in [-0.2, -0.15) is 0 Å². The van der Waals surface area contributed by atoms with Crippen LogP contribution in [0.25, 0.3) is 0 Å². The molecule has 2 N–H and O–H groups in total. The molecular formula is C16H14BrF3N2O2. The average molecular weight is 403 g/mol. The minimum absolute atomic E-state index is 0.0810. The maximum atomic E-state index is 12.4. The largest absolute Gasteiger partial charge is 0.573 e. The summed E-state index contributed by atoms with van der Waals surface area (Å²) < 4.78 is 41.9. The van der Waals surface area contributed by atoms with E-state index in [0.717, 1.165) is 10.0 Å².